The molecule has 2 aromatic carbocycles. The number of carbonyl (C=O) groups excluding carboxylic acids is 2. The molecule has 1 unspecified atom stereocenters. The lowest BCUT2D eigenvalue weighted by Gasteiger charge is -2.19. The summed E-state index contributed by atoms with van der Waals surface area (Å²) in [7, 11) is 0. The third-order valence-electron chi connectivity index (χ3n) is 5.53. The van der Waals surface area contributed by atoms with Gasteiger partial charge in [0.1, 0.15) is 12.6 Å². The summed E-state index contributed by atoms with van der Waals surface area (Å²) in [5.41, 5.74) is 4.80. The number of nitrogens with zero attached hydrogens (tertiary/aromatic N) is 1. The zero-order chi connectivity index (χ0) is 23.2. The molecule has 0 saturated heterocycles. The molecular weight excluding hydrogens is 422 g/mol. The first-order chi connectivity index (χ1) is 16.0. The maximum absolute atomic E-state index is 12.6. The quantitative estimate of drug-likeness (QED) is 0.486. The van der Waals surface area contributed by atoms with Gasteiger partial charge in [-0.15, -0.1) is 0 Å². The molecule has 4 rings (SSSR count). The molecule has 1 heterocycles. The third-order valence-corrected chi connectivity index (χ3v) is 5.53. The van der Waals surface area contributed by atoms with E-state index in [2.05, 4.69) is 15.6 Å². The average molecular weight is 445 g/mol. The van der Waals surface area contributed by atoms with Crippen LogP contribution in [0, 0.1) is 0 Å². The molecule has 1 aliphatic rings. The number of hydrogen-bond acceptors (Lipinski definition) is 5. The van der Waals surface area contributed by atoms with Crippen LogP contribution in [-0.4, -0.2) is 40.7 Å². The summed E-state index contributed by atoms with van der Waals surface area (Å²) in [6.45, 7) is 0.0930. The summed E-state index contributed by atoms with van der Waals surface area (Å²) in [4.78, 5) is 40.1. The van der Waals surface area contributed by atoms with E-state index in [9.17, 15) is 14.4 Å². The topological polar surface area (TPSA) is 118 Å². The van der Waals surface area contributed by atoms with E-state index in [0.29, 0.717) is 5.69 Å². The first kappa shape index (κ1) is 22.0. The van der Waals surface area contributed by atoms with Crippen LogP contribution in [0.15, 0.2) is 73.1 Å². The molecule has 3 aromatic rings. The molecule has 8 heteroatoms. The monoisotopic (exact) mass is 445 g/mol. The number of nitrogens with one attached hydrogen (secondary N) is 2. The molecule has 0 aliphatic heterocycles. The Morgan fingerprint density at radius 3 is 2.24 bits per heavy atom. The molecule has 1 aromatic heterocycles. The Hall–Kier alpha value is -4.20. The van der Waals surface area contributed by atoms with Gasteiger partial charge in [0, 0.05) is 18.5 Å². The van der Waals surface area contributed by atoms with Crippen molar-refractivity contribution in [3.8, 4) is 11.1 Å². The van der Waals surface area contributed by atoms with E-state index in [-0.39, 0.29) is 25.4 Å². The number of amides is 2. The van der Waals surface area contributed by atoms with Crippen LogP contribution in [0.4, 0.5) is 10.5 Å². The number of carbonyl (C=O) groups is 3. The number of rotatable bonds is 8. The molecule has 0 saturated carbocycles. The van der Waals surface area contributed by atoms with Crippen molar-refractivity contribution in [2.24, 2.45) is 0 Å². The molecule has 1 aliphatic carbocycles. The van der Waals surface area contributed by atoms with E-state index in [1.807, 2.05) is 48.5 Å². The van der Waals surface area contributed by atoms with Crippen LogP contribution in [0.2, 0.25) is 0 Å². The first-order valence-electron chi connectivity index (χ1n) is 10.6. The van der Waals surface area contributed by atoms with Crippen LogP contribution in [0.25, 0.3) is 11.1 Å². The van der Waals surface area contributed by atoms with Gasteiger partial charge < -0.3 is 20.5 Å². The number of pyridine rings is 1. The van der Waals surface area contributed by atoms with Crippen LogP contribution >= 0.6 is 0 Å². The second-order valence-electron chi connectivity index (χ2n) is 7.69. The molecule has 168 valence electrons. The fourth-order valence-electron chi connectivity index (χ4n) is 3.99. The van der Waals surface area contributed by atoms with E-state index in [1.165, 1.54) is 6.20 Å². The van der Waals surface area contributed by atoms with Crippen LogP contribution in [0.5, 0.6) is 0 Å². The number of aliphatic carboxylic acids is 1. The largest absolute Gasteiger partial charge is 0.481 e. The summed E-state index contributed by atoms with van der Waals surface area (Å²) >= 11 is 0. The van der Waals surface area contributed by atoms with Gasteiger partial charge >= 0.3 is 12.1 Å². The summed E-state index contributed by atoms with van der Waals surface area (Å²) < 4.78 is 5.49. The van der Waals surface area contributed by atoms with Crippen molar-refractivity contribution in [1.82, 2.24) is 10.3 Å². The maximum Gasteiger partial charge on any atom is 0.407 e. The molecule has 33 heavy (non-hydrogen) atoms. The maximum atomic E-state index is 12.6. The smallest absolute Gasteiger partial charge is 0.407 e. The van der Waals surface area contributed by atoms with Gasteiger partial charge in [0.2, 0.25) is 5.91 Å². The number of aromatic nitrogens is 1. The van der Waals surface area contributed by atoms with Crippen molar-refractivity contribution < 1.29 is 24.2 Å². The molecule has 1 atom stereocenters. The number of alkyl carbamates (subject to hydrolysis) is 1. The predicted molar refractivity (Wildman–Crippen MR) is 122 cm³/mol. The van der Waals surface area contributed by atoms with Crippen LogP contribution < -0.4 is 10.6 Å². The van der Waals surface area contributed by atoms with Crippen molar-refractivity contribution in [2.75, 3.05) is 11.9 Å². The summed E-state index contributed by atoms with van der Waals surface area (Å²) in [6.07, 6.45) is 1.88. The standard InChI is InChI=1S/C25H23N3O5/c29-23(30)12-11-22(24(31)27-16-6-5-13-26-14-16)28-25(32)33-15-21-19-9-3-1-7-17(19)18-8-2-4-10-20(18)21/h1-10,13-14,21-22H,11-12,15H2,(H,27,31)(H,28,32)(H,29,30). The number of benzene rings is 2. The van der Waals surface area contributed by atoms with Crippen LogP contribution in [0.3, 0.4) is 0 Å². The highest BCUT2D eigenvalue weighted by Crippen LogP contribution is 2.44. The molecule has 0 fully saturated rings. The average Bonchev–Trinajstić information content (AvgIpc) is 3.14. The highest BCUT2D eigenvalue weighted by Gasteiger charge is 2.30. The molecule has 2 amide bonds. The van der Waals surface area contributed by atoms with Crippen LogP contribution in [-0.2, 0) is 14.3 Å². The van der Waals surface area contributed by atoms with E-state index in [4.69, 9.17) is 9.84 Å². The molecule has 0 bridgehead atoms. The predicted octanol–water partition coefficient (Wildman–Crippen LogP) is 3.79. The lowest BCUT2D eigenvalue weighted by Crippen LogP contribution is -2.44. The summed E-state index contributed by atoms with van der Waals surface area (Å²) in [5, 5.41) is 14.2. The number of carboxylic acids is 1. The van der Waals surface area contributed by atoms with Gasteiger partial charge in [-0.1, -0.05) is 48.5 Å². The van der Waals surface area contributed by atoms with Crippen molar-refractivity contribution in [3.63, 3.8) is 0 Å². The van der Waals surface area contributed by atoms with Crippen molar-refractivity contribution in [2.45, 2.75) is 24.8 Å². The fraction of sp³-hybridized carbons (Fsp3) is 0.200. The van der Waals surface area contributed by atoms with Gasteiger partial charge in [0.05, 0.1) is 11.9 Å². The van der Waals surface area contributed by atoms with Gasteiger partial charge in [-0.2, -0.15) is 0 Å². The van der Waals surface area contributed by atoms with Gasteiger partial charge in [0.25, 0.3) is 0 Å². The van der Waals surface area contributed by atoms with Crippen molar-refractivity contribution in [1.29, 1.82) is 0 Å². The molecule has 0 radical (unpaired) electrons. The molecule has 3 N–H and O–H groups in total. The van der Waals surface area contributed by atoms with E-state index in [1.54, 1.807) is 18.3 Å². The minimum Gasteiger partial charge on any atom is -0.481 e. The number of hydrogen-bond donors (Lipinski definition) is 3. The van der Waals surface area contributed by atoms with Crippen LogP contribution in [0.1, 0.15) is 29.9 Å². The zero-order valence-corrected chi connectivity index (χ0v) is 17.7. The SMILES string of the molecule is O=C(O)CCC(NC(=O)OCC1c2ccccc2-c2ccccc21)C(=O)Nc1cccnc1. The van der Waals surface area contributed by atoms with E-state index in [0.717, 1.165) is 22.3 Å². The summed E-state index contributed by atoms with van der Waals surface area (Å²) in [6, 6.07) is 18.2. The highest BCUT2D eigenvalue weighted by atomic mass is 16.5. The Balaban J connectivity index is 1.42. The molecule has 8 nitrogen and oxygen atoms in total. The lowest BCUT2D eigenvalue weighted by molar-refractivity contribution is -0.137. The van der Waals surface area contributed by atoms with Gasteiger partial charge in [-0.3, -0.25) is 14.6 Å². The Labute approximate surface area is 190 Å². The minimum atomic E-state index is -1.07. The summed E-state index contributed by atoms with van der Waals surface area (Å²) in [5.74, 6) is -1.73. The number of carboxylic acid groups (broad SMARTS) is 1. The van der Waals surface area contributed by atoms with E-state index < -0.39 is 24.0 Å². The number of ether oxygens (including phenoxy) is 1. The lowest BCUT2D eigenvalue weighted by atomic mass is 9.98. The second kappa shape index (κ2) is 9.95. The van der Waals surface area contributed by atoms with Gasteiger partial charge in [-0.25, -0.2) is 4.79 Å². The zero-order valence-electron chi connectivity index (χ0n) is 17.7. The van der Waals surface area contributed by atoms with Crippen molar-refractivity contribution in [3.05, 3.63) is 84.2 Å². The Bertz CT molecular complexity index is 1120. The Morgan fingerprint density at radius 1 is 0.970 bits per heavy atom. The normalized spacial score (nSPS) is 12.8. The minimum absolute atomic E-state index is 0.0778. The Kier molecular flexibility index (Phi) is 6.64. The number of anilines is 1. The first-order valence-corrected chi connectivity index (χ1v) is 10.6. The number of fused-ring (bicyclic) bond motifs is 3. The van der Waals surface area contributed by atoms with E-state index >= 15 is 0 Å². The highest BCUT2D eigenvalue weighted by molar-refractivity contribution is 5.96. The third kappa shape index (κ3) is 5.17. The second-order valence-corrected chi connectivity index (χ2v) is 7.69. The van der Waals surface area contributed by atoms with Gasteiger partial charge in [0.15, 0.2) is 0 Å². The molecular formula is C25H23N3O5. The van der Waals surface area contributed by atoms with Crippen molar-refractivity contribution >= 4 is 23.7 Å². The fourth-order valence-corrected chi connectivity index (χ4v) is 3.99. The van der Waals surface area contributed by atoms with Gasteiger partial charge in [-0.05, 0) is 40.8 Å². The molecule has 0 spiro atoms. The Morgan fingerprint density at radius 2 is 1.64 bits per heavy atom.